The smallest absolute Gasteiger partial charge is 0.416 e. The maximum atomic E-state index is 14.1. The summed E-state index contributed by atoms with van der Waals surface area (Å²) in [7, 11) is 1.17. The van der Waals surface area contributed by atoms with Crippen molar-refractivity contribution in [2.45, 2.75) is 128 Å². The van der Waals surface area contributed by atoms with Crippen LogP contribution in [0.4, 0.5) is 44.7 Å². The van der Waals surface area contributed by atoms with Gasteiger partial charge in [0.15, 0.2) is 11.6 Å². The Bertz CT molecular complexity index is 2670. The van der Waals surface area contributed by atoms with Crippen LogP contribution in [-0.2, 0) is 49.0 Å². The number of rotatable bonds is 12. The number of amides is 2. The Labute approximate surface area is 415 Å². The molecular weight excluding hydrogens is 981 g/mol. The third kappa shape index (κ3) is 15.5. The minimum atomic E-state index is -4.54. The second-order valence-corrected chi connectivity index (χ2v) is 19.3. The number of methoxy groups -OCH3 is 1. The minimum Gasteiger partial charge on any atom is -0.478 e. The number of carboxylic acid groups (broad SMARTS) is 1. The van der Waals surface area contributed by atoms with E-state index in [0.717, 1.165) is 52.4 Å². The molecule has 0 radical (unpaired) electrons. The van der Waals surface area contributed by atoms with Crippen molar-refractivity contribution in [2.75, 3.05) is 20.2 Å². The fraction of sp³-hybridized carbons (Fsp3) is 0.451. The number of benzene rings is 2. The first-order valence-electron chi connectivity index (χ1n) is 22.8. The van der Waals surface area contributed by atoms with E-state index in [4.69, 9.17) is 14.2 Å². The van der Waals surface area contributed by atoms with Gasteiger partial charge in [-0.15, -0.1) is 0 Å². The van der Waals surface area contributed by atoms with E-state index >= 15 is 0 Å². The molecule has 2 aromatic carbocycles. The summed E-state index contributed by atoms with van der Waals surface area (Å²) in [5.41, 5.74) is -1.79. The first kappa shape index (κ1) is 56.9. The van der Waals surface area contributed by atoms with Gasteiger partial charge in [-0.2, -0.15) is 26.3 Å². The normalized spacial score (nSPS) is 18.1. The number of ketones is 2. The molecule has 2 aliphatic heterocycles. The number of hydrogen-bond donors (Lipinski definition) is 1. The Morgan fingerprint density at radius 1 is 0.603 bits per heavy atom. The molecule has 2 fully saturated rings. The number of esters is 1. The lowest BCUT2D eigenvalue weighted by atomic mass is 9.97. The van der Waals surface area contributed by atoms with Gasteiger partial charge in [-0.1, -0.05) is 24.3 Å². The summed E-state index contributed by atoms with van der Waals surface area (Å²) in [5.74, 6) is -2.81. The zero-order valence-corrected chi connectivity index (χ0v) is 40.8. The number of halogens is 8. The van der Waals surface area contributed by atoms with E-state index < -0.39 is 89.0 Å². The second-order valence-electron chi connectivity index (χ2n) is 19.3. The quantitative estimate of drug-likeness (QED) is 0.0806. The minimum absolute atomic E-state index is 0.0458. The zero-order chi connectivity index (χ0) is 54.4. The summed E-state index contributed by atoms with van der Waals surface area (Å²) >= 11 is 0. The summed E-state index contributed by atoms with van der Waals surface area (Å²) in [6, 6.07) is 9.23. The van der Waals surface area contributed by atoms with Crippen molar-refractivity contribution < 1.29 is 83.2 Å². The van der Waals surface area contributed by atoms with Crippen molar-refractivity contribution in [1.29, 1.82) is 0 Å². The van der Waals surface area contributed by atoms with Gasteiger partial charge in [-0.05, 0) is 113 Å². The first-order chi connectivity index (χ1) is 33.8. The number of alkyl halides is 8. The van der Waals surface area contributed by atoms with Gasteiger partial charge in [-0.25, -0.2) is 28.0 Å². The van der Waals surface area contributed by atoms with Crippen LogP contribution in [0.15, 0.2) is 73.1 Å². The number of aryl methyl sites for hydroxylation is 2. The average molecular weight is 1030 g/mol. The number of nitrogens with zero attached hydrogens (tertiary/aromatic N) is 4. The van der Waals surface area contributed by atoms with E-state index in [-0.39, 0.29) is 85.2 Å². The number of likely N-dealkylation sites (tertiary alicyclic amines) is 2. The van der Waals surface area contributed by atoms with Crippen LogP contribution in [0.1, 0.15) is 110 Å². The highest BCUT2D eigenvalue weighted by Gasteiger charge is 2.43. The van der Waals surface area contributed by atoms with Gasteiger partial charge in [0.05, 0.1) is 54.5 Å². The van der Waals surface area contributed by atoms with Gasteiger partial charge in [0, 0.05) is 49.5 Å². The van der Waals surface area contributed by atoms with E-state index in [1.807, 2.05) is 0 Å². The SMILES string of the molecule is CC(C)(C)OC(=O)N1C[C@H](F)C[C@H]1C(=O)CCc1cc(-c2ccc(C(F)(F)F)cc2)c(C(=O)O)cn1.COC(=O)c1cnc(CCC(=O)[C@@H]2C[C@@H](F)CN2C(=O)OC(C)(C)C)cc1-c1ccc(C(F)(F)F)cc1. The lowest BCUT2D eigenvalue weighted by Crippen LogP contribution is -2.43. The van der Waals surface area contributed by atoms with Crippen LogP contribution in [0.2, 0.25) is 0 Å². The lowest BCUT2D eigenvalue weighted by molar-refractivity contribution is -0.138. The molecule has 2 saturated heterocycles. The molecule has 0 bridgehead atoms. The van der Waals surface area contributed by atoms with Crippen LogP contribution in [0.3, 0.4) is 0 Å². The van der Waals surface area contributed by atoms with Gasteiger partial charge >= 0.3 is 36.5 Å². The van der Waals surface area contributed by atoms with E-state index in [1.54, 1.807) is 41.5 Å². The molecule has 0 unspecified atom stereocenters. The molecule has 2 aromatic heterocycles. The van der Waals surface area contributed by atoms with Crippen molar-refractivity contribution in [3.63, 3.8) is 0 Å². The van der Waals surface area contributed by atoms with Gasteiger partial charge in [0.2, 0.25) is 0 Å². The Morgan fingerprint density at radius 3 is 1.29 bits per heavy atom. The van der Waals surface area contributed by atoms with Gasteiger partial charge < -0.3 is 19.3 Å². The van der Waals surface area contributed by atoms with Crippen LogP contribution >= 0.6 is 0 Å². The molecular formula is C51H54F8N4O10. The molecule has 4 heterocycles. The molecule has 2 amide bonds. The van der Waals surface area contributed by atoms with Crippen LogP contribution in [0, 0.1) is 0 Å². The van der Waals surface area contributed by atoms with E-state index in [9.17, 15) is 69.0 Å². The third-order valence-corrected chi connectivity index (χ3v) is 11.4. The molecule has 6 rings (SSSR count). The predicted molar refractivity (Wildman–Crippen MR) is 247 cm³/mol. The van der Waals surface area contributed by atoms with Crippen molar-refractivity contribution in [3.05, 3.63) is 107 Å². The van der Waals surface area contributed by atoms with Crippen LogP contribution in [0.25, 0.3) is 22.3 Å². The molecule has 14 nitrogen and oxygen atoms in total. The highest BCUT2D eigenvalue weighted by atomic mass is 19.4. The third-order valence-electron chi connectivity index (χ3n) is 11.4. The van der Waals surface area contributed by atoms with Crippen molar-refractivity contribution in [3.8, 4) is 22.3 Å². The van der Waals surface area contributed by atoms with Crippen molar-refractivity contribution in [2.24, 2.45) is 0 Å². The number of carbonyl (C=O) groups excluding carboxylic acids is 5. The zero-order valence-electron chi connectivity index (χ0n) is 40.8. The van der Waals surface area contributed by atoms with Gasteiger partial charge in [0.1, 0.15) is 23.5 Å². The second kappa shape index (κ2) is 22.8. The lowest BCUT2D eigenvalue weighted by Gasteiger charge is -2.27. The molecule has 0 aliphatic carbocycles. The van der Waals surface area contributed by atoms with Crippen molar-refractivity contribution >= 4 is 35.7 Å². The fourth-order valence-corrected chi connectivity index (χ4v) is 7.93. The van der Waals surface area contributed by atoms with Crippen LogP contribution < -0.4 is 0 Å². The Balaban J connectivity index is 0.000000271. The monoisotopic (exact) mass is 1030 g/mol. The number of hydrogen-bond acceptors (Lipinski definition) is 11. The molecule has 4 aromatic rings. The summed E-state index contributed by atoms with van der Waals surface area (Å²) in [6.07, 6.45) is -11.3. The predicted octanol–water partition coefficient (Wildman–Crippen LogP) is 10.7. The van der Waals surface area contributed by atoms with Gasteiger partial charge in [0.25, 0.3) is 0 Å². The maximum Gasteiger partial charge on any atom is 0.416 e. The summed E-state index contributed by atoms with van der Waals surface area (Å²) < 4.78 is 121. The van der Waals surface area contributed by atoms with Crippen LogP contribution in [-0.4, -0.2) is 116 Å². The number of ether oxygens (including phenoxy) is 3. The average Bonchev–Trinajstić information content (AvgIpc) is 3.91. The number of aromatic nitrogens is 2. The summed E-state index contributed by atoms with van der Waals surface area (Å²) in [4.78, 5) is 85.0. The van der Waals surface area contributed by atoms with Gasteiger partial charge in [-0.3, -0.25) is 29.4 Å². The molecule has 22 heteroatoms. The maximum absolute atomic E-state index is 14.1. The van der Waals surface area contributed by atoms with Crippen molar-refractivity contribution in [1.82, 2.24) is 19.8 Å². The number of carboxylic acids is 1. The summed E-state index contributed by atoms with van der Waals surface area (Å²) in [5, 5.41) is 9.49. The molecule has 0 spiro atoms. The van der Waals surface area contributed by atoms with E-state index in [1.165, 1.54) is 37.6 Å². The Morgan fingerprint density at radius 2 is 0.959 bits per heavy atom. The number of pyridine rings is 2. The standard InChI is InChI=1S/C26H28F4N2O5.C25H26F4N2O5/c1-25(2,3)37-24(35)32-14-17(27)11-21(32)22(33)10-9-18-12-19(20(13-31-18)23(34)36-4)15-5-7-16(8-6-15)26(28,29)30;1-24(2,3)36-23(35)31-13-16(26)10-20(31)21(32)9-8-17-11-18(19(12-30-17)22(33)34)14-4-6-15(7-5-14)25(27,28)29/h5-8,12-13,17,21H,9-11,14H2,1-4H3;4-7,11-12,16,20H,8-10,13H2,1-3H3,(H,33,34)/t17-,21+;16-,20+/m11/s1. The molecule has 0 saturated carbocycles. The van der Waals surface area contributed by atoms with E-state index in [0.29, 0.717) is 17.0 Å². The Hall–Kier alpha value is -7.00. The largest absolute Gasteiger partial charge is 0.478 e. The molecule has 2 aliphatic rings. The molecule has 394 valence electrons. The highest BCUT2D eigenvalue weighted by molar-refractivity contribution is 5.97. The topological polar surface area (TPSA) is 183 Å². The molecule has 1 N–H and O–H groups in total. The fourth-order valence-electron chi connectivity index (χ4n) is 7.93. The molecule has 4 atom stereocenters. The van der Waals surface area contributed by atoms with Crippen LogP contribution in [0.5, 0.6) is 0 Å². The van der Waals surface area contributed by atoms with E-state index in [2.05, 4.69) is 9.97 Å². The first-order valence-corrected chi connectivity index (χ1v) is 22.8. The number of Topliss-reactive ketones (excluding diaryl/α,β-unsaturated/α-hetero) is 2. The number of aromatic carboxylic acids is 1. The summed E-state index contributed by atoms with van der Waals surface area (Å²) in [6.45, 7) is 9.49. The molecule has 73 heavy (non-hydrogen) atoms. The highest BCUT2D eigenvalue weighted by Crippen LogP contribution is 2.35. The number of carbonyl (C=O) groups is 6. The Kier molecular flexibility index (Phi) is 17.8.